The molecule has 3 N–H and O–H groups in total. The zero-order chi connectivity index (χ0) is 15.6. The average Bonchev–Trinajstić information content (AvgIpc) is 2.37. The molecule has 0 aliphatic carbocycles. The van der Waals surface area contributed by atoms with Gasteiger partial charge < -0.3 is 15.7 Å². The molecule has 5 heteroatoms. The highest BCUT2D eigenvalue weighted by Crippen LogP contribution is 2.29. The van der Waals surface area contributed by atoms with E-state index in [1.165, 1.54) is 6.07 Å². The Kier molecular flexibility index (Phi) is 4.86. The quantitative estimate of drug-likeness (QED) is 0.888. The first kappa shape index (κ1) is 16.2. The van der Waals surface area contributed by atoms with Crippen LogP contribution < -0.4 is 10.6 Å². The van der Waals surface area contributed by atoms with Crippen molar-refractivity contribution in [1.29, 1.82) is 0 Å². The molecule has 0 radical (unpaired) electrons. The van der Waals surface area contributed by atoms with Crippen LogP contribution in [0.5, 0.6) is 0 Å². The maximum atomic E-state index is 14.2. The van der Waals surface area contributed by atoms with Gasteiger partial charge in [0.25, 0.3) is 0 Å². The third-order valence-corrected chi connectivity index (χ3v) is 3.81. The van der Waals surface area contributed by atoms with Crippen LogP contribution in [-0.2, 0) is 0 Å². The van der Waals surface area contributed by atoms with Crippen molar-refractivity contribution in [1.82, 2.24) is 4.90 Å². The summed E-state index contributed by atoms with van der Waals surface area (Å²) in [6.07, 6.45) is 0. The normalized spacial score (nSPS) is 18.9. The lowest BCUT2D eigenvalue weighted by atomic mass is 10.0. The van der Waals surface area contributed by atoms with Gasteiger partial charge in [-0.15, -0.1) is 0 Å². The summed E-state index contributed by atoms with van der Waals surface area (Å²) in [5, 5.41) is 9.88. The number of halogens is 1. The van der Waals surface area contributed by atoms with E-state index in [0.29, 0.717) is 12.2 Å². The fraction of sp³-hybridized carbons (Fsp3) is 0.625. The Balaban J connectivity index is 2.09. The van der Waals surface area contributed by atoms with Crippen LogP contribution in [0.15, 0.2) is 18.2 Å². The first-order valence-electron chi connectivity index (χ1n) is 7.51. The molecule has 1 saturated heterocycles. The molecule has 1 atom stereocenters. The smallest absolute Gasteiger partial charge is 0.146 e. The second-order valence-corrected chi connectivity index (χ2v) is 6.54. The van der Waals surface area contributed by atoms with Crippen molar-refractivity contribution in [3.63, 3.8) is 0 Å². The minimum atomic E-state index is -0.697. The summed E-state index contributed by atoms with van der Waals surface area (Å²) < 4.78 is 14.2. The van der Waals surface area contributed by atoms with E-state index in [4.69, 9.17) is 5.73 Å². The third kappa shape index (κ3) is 4.15. The maximum Gasteiger partial charge on any atom is 0.146 e. The van der Waals surface area contributed by atoms with Crippen molar-refractivity contribution in [2.45, 2.75) is 32.4 Å². The van der Waals surface area contributed by atoms with E-state index in [0.717, 1.165) is 31.7 Å². The van der Waals surface area contributed by atoms with Gasteiger partial charge in [0.2, 0.25) is 0 Å². The Hall–Kier alpha value is -1.17. The highest BCUT2D eigenvalue weighted by atomic mass is 19.1. The predicted molar refractivity (Wildman–Crippen MR) is 84.0 cm³/mol. The molecule has 0 amide bonds. The number of piperazine rings is 1. The van der Waals surface area contributed by atoms with Gasteiger partial charge in [-0.05, 0) is 32.4 Å². The number of aliphatic hydroxyl groups is 1. The topological polar surface area (TPSA) is 52.7 Å². The van der Waals surface area contributed by atoms with Crippen LogP contribution in [0, 0.1) is 5.82 Å². The van der Waals surface area contributed by atoms with Gasteiger partial charge >= 0.3 is 0 Å². The molecule has 0 unspecified atom stereocenters. The van der Waals surface area contributed by atoms with Gasteiger partial charge in [0.05, 0.1) is 11.3 Å². The molecule has 1 fully saturated rings. The average molecular weight is 295 g/mol. The Bertz CT molecular complexity index is 477. The zero-order valence-corrected chi connectivity index (χ0v) is 13.1. The van der Waals surface area contributed by atoms with Gasteiger partial charge in [-0.25, -0.2) is 4.39 Å². The number of hydrogen-bond acceptors (Lipinski definition) is 4. The SMILES string of the molecule is C[C@H](N)c1cccc(F)c1N1CCN(CC(C)(C)O)CC1. The van der Waals surface area contributed by atoms with E-state index < -0.39 is 5.60 Å². The maximum absolute atomic E-state index is 14.2. The van der Waals surface area contributed by atoms with Gasteiger partial charge in [-0.1, -0.05) is 12.1 Å². The number of benzene rings is 1. The van der Waals surface area contributed by atoms with Crippen molar-refractivity contribution in [2.24, 2.45) is 5.73 Å². The van der Waals surface area contributed by atoms with Crippen molar-refractivity contribution in [3.05, 3.63) is 29.6 Å². The molecule has 1 aliphatic heterocycles. The molecule has 0 spiro atoms. The molecule has 1 heterocycles. The van der Waals surface area contributed by atoms with Crippen molar-refractivity contribution >= 4 is 5.69 Å². The molecule has 0 saturated carbocycles. The van der Waals surface area contributed by atoms with Crippen LogP contribution in [0.4, 0.5) is 10.1 Å². The highest BCUT2D eigenvalue weighted by Gasteiger charge is 2.25. The number of rotatable bonds is 4. The summed E-state index contributed by atoms with van der Waals surface area (Å²) in [6.45, 7) is 9.26. The van der Waals surface area contributed by atoms with Crippen LogP contribution >= 0.6 is 0 Å². The van der Waals surface area contributed by atoms with Gasteiger partial charge in [-0.3, -0.25) is 4.90 Å². The van der Waals surface area contributed by atoms with E-state index in [9.17, 15) is 9.50 Å². The molecule has 4 nitrogen and oxygen atoms in total. The molecular formula is C16H26FN3O. The van der Waals surface area contributed by atoms with Crippen LogP contribution in [-0.4, -0.2) is 48.3 Å². The van der Waals surface area contributed by atoms with Crippen LogP contribution in [0.25, 0.3) is 0 Å². The minimum Gasteiger partial charge on any atom is -0.389 e. The van der Waals surface area contributed by atoms with Gasteiger partial charge in [0.1, 0.15) is 5.82 Å². The van der Waals surface area contributed by atoms with E-state index in [1.54, 1.807) is 6.07 Å². The molecule has 2 rings (SSSR count). The molecule has 1 aromatic rings. The van der Waals surface area contributed by atoms with E-state index in [1.807, 2.05) is 26.8 Å². The van der Waals surface area contributed by atoms with Crippen LogP contribution in [0.1, 0.15) is 32.4 Å². The van der Waals surface area contributed by atoms with Crippen molar-refractivity contribution in [3.8, 4) is 0 Å². The number of anilines is 1. The lowest BCUT2D eigenvalue weighted by molar-refractivity contribution is 0.0344. The van der Waals surface area contributed by atoms with E-state index in [2.05, 4.69) is 9.80 Å². The number of hydrogen-bond donors (Lipinski definition) is 2. The second-order valence-electron chi connectivity index (χ2n) is 6.54. The Morgan fingerprint density at radius 3 is 2.43 bits per heavy atom. The monoisotopic (exact) mass is 295 g/mol. The van der Waals surface area contributed by atoms with E-state index in [-0.39, 0.29) is 11.9 Å². The lowest BCUT2D eigenvalue weighted by Crippen LogP contribution is -2.51. The number of β-amino-alcohol motifs (C(OH)–C–C–N with tert-alkyl or cyclic N) is 1. The summed E-state index contributed by atoms with van der Waals surface area (Å²) in [7, 11) is 0. The highest BCUT2D eigenvalue weighted by molar-refractivity contribution is 5.56. The summed E-state index contributed by atoms with van der Waals surface area (Å²) in [5.41, 5.74) is 6.75. The molecule has 0 aromatic heterocycles. The van der Waals surface area contributed by atoms with Gasteiger partial charge in [0, 0.05) is 38.8 Å². The summed E-state index contributed by atoms with van der Waals surface area (Å²) in [6, 6.07) is 4.91. The van der Waals surface area contributed by atoms with Crippen molar-refractivity contribution < 1.29 is 9.50 Å². The number of para-hydroxylation sites is 1. The third-order valence-electron chi connectivity index (χ3n) is 3.81. The van der Waals surface area contributed by atoms with Gasteiger partial charge in [0.15, 0.2) is 0 Å². The Morgan fingerprint density at radius 1 is 1.29 bits per heavy atom. The predicted octanol–water partition coefficient (Wildman–Crippen LogP) is 1.74. The van der Waals surface area contributed by atoms with Gasteiger partial charge in [-0.2, -0.15) is 0 Å². The first-order valence-corrected chi connectivity index (χ1v) is 7.51. The number of nitrogens with two attached hydrogens (primary N) is 1. The second kappa shape index (κ2) is 6.30. The van der Waals surface area contributed by atoms with E-state index >= 15 is 0 Å². The molecule has 0 bridgehead atoms. The summed E-state index contributed by atoms with van der Waals surface area (Å²) in [5.74, 6) is -0.208. The first-order chi connectivity index (χ1) is 9.78. The Labute approximate surface area is 126 Å². The standard InChI is InChI=1S/C16H26FN3O/c1-12(18)13-5-4-6-14(17)15(13)20-9-7-19(8-10-20)11-16(2,3)21/h4-6,12,21H,7-11,18H2,1-3H3/t12-/m0/s1. The zero-order valence-electron chi connectivity index (χ0n) is 13.1. The fourth-order valence-corrected chi connectivity index (χ4v) is 2.91. The summed E-state index contributed by atoms with van der Waals surface area (Å²) in [4.78, 5) is 4.28. The number of nitrogens with zero attached hydrogens (tertiary/aromatic N) is 2. The largest absolute Gasteiger partial charge is 0.389 e. The molecular weight excluding hydrogens is 269 g/mol. The molecule has 118 valence electrons. The van der Waals surface area contributed by atoms with Crippen LogP contribution in [0.3, 0.4) is 0 Å². The molecule has 1 aliphatic rings. The minimum absolute atomic E-state index is 0.190. The molecule has 21 heavy (non-hydrogen) atoms. The fourth-order valence-electron chi connectivity index (χ4n) is 2.91. The molecule has 1 aromatic carbocycles. The summed E-state index contributed by atoms with van der Waals surface area (Å²) >= 11 is 0. The van der Waals surface area contributed by atoms with Crippen LogP contribution in [0.2, 0.25) is 0 Å². The lowest BCUT2D eigenvalue weighted by Gasteiger charge is -2.39. The Morgan fingerprint density at radius 2 is 1.90 bits per heavy atom. The van der Waals surface area contributed by atoms with Crippen molar-refractivity contribution in [2.75, 3.05) is 37.6 Å².